The second-order valence-electron chi connectivity index (χ2n) is 8.62. The molecule has 2 aromatic carbocycles. The number of benzene rings is 2. The molecule has 0 radical (unpaired) electrons. The van der Waals surface area contributed by atoms with E-state index < -0.39 is 0 Å². The van der Waals surface area contributed by atoms with Crippen LogP contribution < -0.4 is 15.1 Å². The minimum Gasteiger partial charge on any atom is -0.320 e. The highest BCUT2D eigenvalue weighted by molar-refractivity contribution is 6.02. The zero-order valence-electron chi connectivity index (χ0n) is 18.9. The van der Waals surface area contributed by atoms with E-state index in [1.807, 2.05) is 61.5 Å². The summed E-state index contributed by atoms with van der Waals surface area (Å²) in [4.78, 5) is 32.7. The molecule has 1 aliphatic heterocycles. The standard InChI is InChI=1S/C26H30N4O2/c1-3-22-19(2)26(21-11-7-8-12-23(21)27-22)28-25(32)18-30-15-13-29(14-16-30)17-24(31)20-9-5-4-6-10-20/h4-12H,3,13-18H2,1-2H3,(H,27,28,32)/p+2. The third-order valence-corrected chi connectivity index (χ3v) is 6.42. The Bertz CT molecular complexity index is 1110. The number of quaternary nitrogens is 2. The molecule has 0 atom stereocenters. The van der Waals surface area contributed by atoms with Crippen LogP contribution in [0, 0.1) is 6.92 Å². The number of carbonyl (C=O) groups is 2. The van der Waals surface area contributed by atoms with Crippen LogP contribution in [0.1, 0.15) is 28.5 Å². The lowest BCUT2D eigenvalue weighted by Gasteiger charge is -2.29. The van der Waals surface area contributed by atoms with Gasteiger partial charge in [0.1, 0.15) is 32.7 Å². The summed E-state index contributed by atoms with van der Waals surface area (Å²) in [6.45, 7) is 8.67. The van der Waals surface area contributed by atoms with Gasteiger partial charge in [-0.1, -0.05) is 55.5 Å². The molecule has 0 aliphatic carbocycles. The fourth-order valence-electron chi connectivity index (χ4n) is 4.54. The van der Waals surface area contributed by atoms with Gasteiger partial charge in [0.15, 0.2) is 6.54 Å². The third kappa shape index (κ3) is 5.03. The van der Waals surface area contributed by atoms with Gasteiger partial charge in [-0.15, -0.1) is 0 Å². The predicted molar refractivity (Wildman–Crippen MR) is 126 cm³/mol. The SMILES string of the molecule is CCc1nc2ccccc2c(NC(=O)C[NH+]2CC[NH+](CC(=O)c3ccccc3)CC2)c1C. The van der Waals surface area contributed by atoms with Crippen molar-refractivity contribution in [3.05, 3.63) is 71.4 Å². The summed E-state index contributed by atoms with van der Waals surface area (Å²) in [7, 11) is 0. The van der Waals surface area contributed by atoms with Gasteiger partial charge in [0, 0.05) is 16.6 Å². The topological polar surface area (TPSA) is 67.9 Å². The number of ketones is 1. The number of amides is 1. The van der Waals surface area contributed by atoms with Crippen molar-refractivity contribution in [3.8, 4) is 0 Å². The average Bonchev–Trinajstić information content (AvgIpc) is 2.82. The molecule has 1 aromatic heterocycles. The number of rotatable bonds is 7. The number of nitrogens with one attached hydrogen (secondary N) is 3. The van der Waals surface area contributed by atoms with Crippen LogP contribution in [-0.2, 0) is 11.2 Å². The van der Waals surface area contributed by atoms with E-state index in [9.17, 15) is 9.59 Å². The van der Waals surface area contributed by atoms with E-state index in [1.165, 1.54) is 9.80 Å². The summed E-state index contributed by atoms with van der Waals surface area (Å²) in [6.07, 6.45) is 0.831. The first-order valence-electron chi connectivity index (χ1n) is 11.5. The van der Waals surface area contributed by atoms with Crippen molar-refractivity contribution in [1.29, 1.82) is 0 Å². The second kappa shape index (κ2) is 10.0. The number of piperazine rings is 1. The molecule has 3 N–H and O–H groups in total. The number of pyridine rings is 1. The fourth-order valence-corrected chi connectivity index (χ4v) is 4.54. The van der Waals surface area contributed by atoms with Gasteiger partial charge in [-0.25, -0.2) is 0 Å². The number of fused-ring (bicyclic) bond motifs is 1. The number of Topliss-reactive ketones (excluding diaryl/α,β-unsaturated/α-hetero) is 1. The Morgan fingerprint density at radius 1 is 0.906 bits per heavy atom. The molecular formula is C26H32N4O2+2. The molecule has 1 aliphatic rings. The zero-order valence-corrected chi connectivity index (χ0v) is 18.9. The van der Waals surface area contributed by atoms with E-state index in [1.54, 1.807) is 0 Å². The summed E-state index contributed by atoms with van der Waals surface area (Å²) in [6, 6.07) is 17.5. The van der Waals surface area contributed by atoms with Gasteiger partial charge in [-0.05, 0) is 25.0 Å². The van der Waals surface area contributed by atoms with Crippen LogP contribution in [0.5, 0.6) is 0 Å². The molecule has 4 rings (SSSR count). The number of aromatic nitrogens is 1. The van der Waals surface area contributed by atoms with E-state index in [4.69, 9.17) is 4.98 Å². The Hall–Kier alpha value is -3.09. The number of hydrogen-bond donors (Lipinski definition) is 3. The number of para-hydroxylation sites is 1. The molecule has 6 nitrogen and oxygen atoms in total. The lowest BCUT2D eigenvalue weighted by atomic mass is 10.1. The van der Waals surface area contributed by atoms with E-state index >= 15 is 0 Å². The number of nitrogens with zero attached hydrogens (tertiary/aromatic N) is 1. The molecule has 3 aromatic rings. The molecule has 0 unspecified atom stereocenters. The summed E-state index contributed by atoms with van der Waals surface area (Å²) in [5.41, 5.74) is 4.64. The zero-order chi connectivity index (χ0) is 22.5. The highest BCUT2D eigenvalue weighted by atomic mass is 16.2. The molecule has 0 bridgehead atoms. The van der Waals surface area contributed by atoms with E-state index in [0.717, 1.165) is 66.0 Å². The van der Waals surface area contributed by atoms with Gasteiger partial charge in [0.05, 0.1) is 11.2 Å². The molecule has 32 heavy (non-hydrogen) atoms. The number of hydrogen-bond acceptors (Lipinski definition) is 3. The van der Waals surface area contributed by atoms with Crippen LogP contribution in [-0.4, -0.2) is 55.9 Å². The Morgan fingerprint density at radius 2 is 1.53 bits per heavy atom. The van der Waals surface area contributed by atoms with Crippen molar-refractivity contribution in [1.82, 2.24) is 4.98 Å². The molecule has 0 saturated carbocycles. The smallest absolute Gasteiger partial charge is 0.279 e. The molecule has 166 valence electrons. The van der Waals surface area contributed by atoms with Gasteiger partial charge in [-0.2, -0.15) is 0 Å². The summed E-state index contributed by atoms with van der Waals surface area (Å²) < 4.78 is 0. The van der Waals surface area contributed by atoms with E-state index in [-0.39, 0.29) is 11.7 Å². The van der Waals surface area contributed by atoms with Crippen LogP contribution >= 0.6 is 0 Å². The number of aryl methyl sites for hydroxylation is 1. The first-order valence-corrected chi connectivity index (χ1v) is 11.5. The molecule has 1 saturated heterocycles. The maximum Gasteiger partial charge on any atom is 0.279 e. The van der Waals surface area contributed by atoms with Crippen molar-refractivity contribution in [2.45, 2.75) is 20.3 Å². The summed E-state index contributed by atoms with van der Waals surface area (Å²) >= 11 is 0. The van der Waals surface area contributed by atoms with Crippen LogP contribution in [0.15, 0.2) is 54.6 Å². The van der Waals surface area contributed by atoms with Gasteiger partial charge in [-0.3, -0.25) is 14.6 Å². The molecule has 6 heteroatoms. The summed E-state index contributed by atoms with van der Waals surface area (Å²) in [5, 5.41) is 4.16. The van der Waals surface area contributed by atoms with Crippen molar-refractivity contribution >= 4 is 28.3 Å². The minimum absolute atomic E-state index is 0.0327. The predicted octanol–water partition coefficient (Wildman–Crippen LogP) is 0.710. The van der Waals surface area contributed by atoms with Crippen molar-refractivity contribution in [2.75, 3.05) is 44.6 Å². The van der Waals surface area contributed by atoms with Crippen molar-refractivity contribution in [2.24, 2.45) is 0 Å². The molecule has 1 amide bonds. The van der Waals surface area contributed by atoms with Crippen LogP contribution in [0.2, 0.25) is 0 Å². The number of carbonyl (C=O) groups excluding carboxylic acids is 2. The van der Waals surface area contributed by atoms with E-state index in [0.29, 0.717) is 13.1 Å². The Labute approximate surface area is 189 Å². The van der Waals surface area contributed by atoms with Gasteiger partial charge < -0.3 is 15.1 Å². The summed E-state index contributed by atoms with van der Waals surface area (Å²) in [5.74, 6) is 0.221. The minimum atomic E-state index is 0.0327. The molecule has 0 spiro atoms. The normalized spacial score (nSPS) is 18.4. The maximum absolute atomic E-state index is 12.9. The first kappa shape index (κ1) is 22.1. The van der Waals surface area contributed by atoms with Gasteiger partial charge in [0.25, 0.3) is 5.91 Å². The quantitative estimate of drug-likeness (QED) is 0.482. The maximum atomic E-state index is 12.9. The van der Waals surface area contributed by atoms with Crippen LogP contribution in [0.25, 0.3) is 10.9 Å². The van der Waals surface area contributed by atoms with Crippen molar-refractivity contribution in [3.63, 3.8) is 0 Å². The highest BCUT2D eigenvalue weighted by Crippen LogP contribution is 2.28. The fraction of sp³-hybridized carbons (Fsp3) is 0.346. The van der Waals surface area contributed by atoms with Gasteiger partial charge >= 0.3 is 0 Å². The monoisotopic (exact) mass is 432 g/mol. The van der Waals surface area contributed by atoms with Crippen LogP contribution in [0.4, 0.5) is 5.69 Å². The molecule has 2 heterocycles. The van der Waals surface area contributed by atoms with Crippen molar-refractivity contribution < 1.29 is 19.4 Å². The lowest BCUT2D eigenvalue weighted by molar-refractivity contribution is -1.00. The van der Waals surface area contributed by atoms with Gasteiger partial charge in [0.2, 0.25) is 5.78 Å². The Balaban J connectivity index is 1.34. The lowest BCUT2D eigenvalue weighted by Crippen LogP contribution is -3.28. The average molecular weight is 433 g/mol. The Kier molecular flexibility index (Phi) is 6.93. The molecular weight excluding hydrogens is 400 g/mol. The largest absolute Gasteiger partial charge is 0.320 e. The second-order valence-corrected chi connectivity index (χ2v) is 8.62. The number of anilines is 1. The third-order valence-electron chi connectivity index (χ3n) is 6.42. The Morgan fingerprint density at radius 3 is 2.22 bits per heavy atom. The molecule has 1 fully saturated rings. The highest BCUT2D eigenvalue weighted by Gasteiger charge is 2.27. The van der Waals surface area contributed by atoms with E-state index in [2.05, 4.69) is 12.2 Å². The first-order chi connectivity index (χ1) is 15.5. The van der Waals surface area contributed by atoms with Crippen LogP contribution in [0.3, 0.4) is 0 Å².